The molecule has 0 radical (unpaired) electrons. The predicted octanol–water partition coefficient (Wildman–Crippen LogP) is 2.88. The van der Waals surface area contributed by atoms with Crippen LogP contribution in [0.15, 0.2) is 66.7 Å². The van der Waals surface area contributed by atoms with Crippen LogP contribution in [-0.4, -0.2) is 79.5 Å². The third-order valence-corrected chi connectivity index (χ3v) is 8.35. The van der Waals surface area contributed by atoms with Crippen LogP contribution in [0.4, 0.5) is 10.5 Å². The average Bonchev–Trinajstić information content (AvgIpc) is 3.77. The maximum absolute atomic E-state index is 13.1. The third-order valence-electron chi connectivity index (χ3n) is 8.35. The van der Waals surface area contributed by atoms with Crippen molar-refractivity contribution in [3.05, 3.63) is 72.3 Å². The molecule has 0 aliphatic carbocycles. The molecule has 0 bridgehead atoms. The van der Waals surface area contributed by atoms with E-state index >= 15 is 0 Å². The molecule has 3 aromatic rings. The number of amides is 5. The highest BCUT2D eigenvalue weighted by molar-refractivity contribution is 6.02. The summed E-state index contributed by atoms with van der Waals surface area (Å²) < 4.78 is 11.0. The standard InChI is InChI=1S/C34H39N5O7/c1-22(36-32(42)28-15-9-17-39(28)34(44)46-21-23-10-4-3-5-11-23)31(41)35-20-30(40)37-33(43)27-14-8-16-38(27)25-18-24-12-6-7-13-26(24)29(19-25)45-2/h3-7,10-13,18-19,22,27-28H,8-9,14-17,20-21H2,1-2H3,(H,35,41)(H,36,42)(H,37,40,43)/t22-,27-,28-/m0/s1. The topological polar surface area (TPSA) is 146 Å². The molecule has 12 heteroatoms. The first-order valence-electron chi connectivity index (χ1n) is 15.5. The monoisotopic (exact) mass is 629 g/mol. The Kier molecular flexibility index (Phi) is 10.4. The van der Waals surface area contributed by atoms with Crippen LogP contribution in [0.5, 0.6) is 5.75 Å². The lowest BCUT2D eigenvalue weighted by atomic mass is 10.1. The van der Waals surface area contributed by atoms with Crippen LogP contribution in [-0.2, 0) is 30.5 Å². The SMILES string of the molecule is COc1cc(N2CCC[C@H]2C(=O)NC(=O)CNC(=O)[C@H](C)NC(=O)[C@@H]2CCCN2C(=O)OCc2ccccc2)cc2ccccc12. The Morgan fingerprint density at radius 1 is 0.891 bits per heavy atom. The lowest BCUT2D eigenvalue weighted by molar-refractivity contribution is -0.133. The molecule has 3 aromatic carbocycles. The molecule has 12 nitrogen and oxygen atoms in total. The van der Waals surface area contributed by atoms with E-state index in [0.717, 1.165) is 28.4 Å². The summed E-state index contributed by atoms with van der Waals surface area (Å²) in [4.78, 5) is 67.4. The van der Waals surface area contributed by atoms with Gasteiger partial charge in [-0.1, -0.05) is 54.6 Å². The zero-order valence-electron chi connectivity index (χ0n) is 26.0. The van der Waals surface area contributed by atoms with Crippen LogP contribution in [0.1, 0.15) is 38.2 Å². The van der Waals surface area contributed by atoms with Gasteiger partial charge >= 0.3 is 6.09 Å². The van der Waals surface area contributed by atoms with Crippen molar-refractivity contribution >= 4 is 46.2 Å². The van der Waals surface area contributed by atoms with Gasteiger partial charge in [-0.3, -0.25) is 29.4 Å². The quantitative estimate of drug-likeness (QED) is 0.310. The van der Waals surface area contributed by atoms with Gasteiger partial charge in [0.15, 0.2) is 0 Å². The number of anilines is 1. The van der Waals surface area contributed by atoms with E-state index in [1.54, 1.807) is 7.11 Å². The van der Waals surface area contributed by atoms with E-state index in [2.05, 4.69) is 16.0 Å². The number of likely N-dealkylation sites (tertiary alicyclic amines) is 1. The van der Waals surface area contributed by atoms with Crippen molar-refractivity contribution in [2.24, 2.45) is 0 Å². The summed E-state index contributed by atoms with van der Waals surface area (Å²) in [5.41, 5.74) is 1.65. The molecule has 2 saturated heterocycles. The number of nitrogens with zero attached hydrogens (tertiary/aromatic N) is 2. The summed E-state index contributed by atoms with van der Waals surface area (Å²) in [6.45, 7) is 2.14. The van der Waals surface area contributed by atoms with E-state index in [4.69, 9.17) is 9.47 Å². The highest BCUT2D eigenvalue weighted by Gasteiger charge is 2.36. The highest BCUT2D eigenvalue weighted by Crippen LogP contribution is 2.34. The lowest BCUT2D eigenvalue weighted by Gasteiger charge is -2.26. The number of rotatable bonds is 10. The molecular formula is C34H39N5O7. The molecule has 242 valence electrons. The number of imide groups is 1. The van der Waals surface area contributed by atoms with E-state index < -0.39 is 54.4 Å². The molecular weight excluding hydrogens is 590 g/mol. The fraction of sp³-hybridized carbons (Fsp3) is 0.382. The van der Waals surface area contributed by atoms with Crippen molar-refractivity contribution in [2.45, 2.75) is 57.3 Å². The van der Waals surface area contributed by atoms with Crippen LogP contribution in [0.25, 0.3) is 10.8 Å². The van der Waals surface area contributed by atoms with Gasteiger partial charge in [0.2, 0.25) is 23.6 Å². The van der Waals surface area contributed by atoms with Gasteiger partial charge in [0.25, 0.3) is 0 Å². The second-order valence-electron chi connectivity index (χ2n) is 11.5. The number of hydrogen-bond acceptors (Lipinski definition) is 8. The number of methoxy groups -OCH3 is 1. The molecule has 3 N–H and O–H groups in total. The molecule has 0 unspecified atom stereocenters. The Hall–Kier alpha value is -5.13. The molecule has 0 saturated carbocycles. The predicted molar refractivity (Wildman–Crippen MR) is 171 cm³/mol. The molecule has 0 spiro atoms. The van der Waals surface area contributed by atoms with Crippen molar-refractivity contribution in [1.29, 1.82) is 0 Å². The van der Waals surface area contributed by atoms with Gasteiger partial charge in [-0.05, 0) is 49.6 Å². The Bertz CT molecular complexity index is 1600. The molecule has 2 aliphatic heterocycles. The minimum atomic E-state index is -0.980. The zero-order valence-corrected chi connectivity index (χ0v) is 26.0. The van der Waals surface area contributed by atoms with E-state index in [-0.39, 0.29) is 6.61 Å². The molecule has 2 aliphatic rings. The van der Waals surface area contributed by atoms with Crippen LogP contribution < -0.4 is 25.6 Å². The van der Waals surface area contributed by atoms with Crippen molar-refractivity contribution in [3.8, 4) is 5.75 Å². The zero-order chi connectivity index (χ0) is 32.6. The van der Waals surface area contributed by atoms with Crippen molar-refractivity contribution in [3.63, 3.8) is 0 Å². The second kappa shape index (κ2) is 14.8. The Balaban J connectivity index is 1.09. The minimum absolute atomic E-state index is 0.0881. The normalized spacial score (nSPS) is 18.1. The average molecular weight is 630 g/mol. The lowest BCUT2D eigenvalue weighted by Crippen LogP contribution is -2.53. The highest BCUT2D eigenvalue weighted by atomic mass is 16.6. The first-order chi connectivity index (χ1) is 22.2. The minimum Gasteiger partial charge on any atom is -0.496 e. The van der Waals surface area contributed by atoms with Gasteiger partial charge in [0, 0.05) is 30.2 Å². The van der Waals surface area contributed by atoms with E-state index in [9.17, 15) is 24.0 Å². The number of benzene rings is 3. The summed E-state index contributed by atoms with van der Waals surface area (Å²) in [7, 11) is 1.60. The summed E-state index contributed by atoms with van der Waals surface area (Å²) in [5, 5.41) is 9.43. The third kappa shape index (κ3) is 7.56. The molecule has 3 atom stereocenters. The van der Waals surface area contributed by atoms with Gasteiger partial charge in [-0.25, -0.2) is 4.79 Å². The van der Waals surface area contributed by atoms with Crippen molar-refractivity contribution in [1.82, 2.24) is 20.9 Å². The fourth-order valence-corrected chi connectivity index (χ4v) is 5.96. The molecule has 2 heterocycles. The number of nitrogens with one attached hydrogen (secondary N) is 3. The molecule has 5 rings (SSSR count). The fourth-order valence-electron chi connectivity index (χ4n) is 5.96. The first kappa shape index (κ1) is 32.3. The number of fused-ring (bicyclic) bond motifs is 1. The molecule has 0 aromatic heterocycles. The summed E-state index contributed by atoms with van der Waals surface area (Å²) in [6, 6.07) is 18.6. The van der Waals surface area contributed by atoms with Gasteiger partial charge in [0.05, 0.1) is 13.7 Å². The Morgan fingerprint density at radius 2 is 1.61 bits per heavy atom. The Labute approximate surface area is 267 Å². The first-order valence-corrected chi connectivity index (χ1v) is 15.5. The summed E-state index contributed by atoms with van der Waals surface area (Å²) in [5.74, 6) is -1.50. The van der Waals surface area contributed by atoms with E-state index in [1.807, 2.05) is 71.6 Å². The number of ether oxygens (including phenoxy) is 2. The second-order valence-corrected chi connectivity index (χ2v) is 11.5. The van der Waals surface area contributed by atoms with E-state index in [1.165, 1.54) is 11.8 Å². The van der Waals surface area contributed by atoms with Crippen LogP contribution in [0, 0.1) is 0 Å². The summed E-state index contributed by atoms with van der Waals surface area (Å²) in [6.07, 6.45) is 1.82. The van der Waals surface area contributed by atoms with Crippen molar-refractivity contribution < 1.29 is 33.4 Å². The van der Waals surface area contributed by atoms with Crippen LogP contribution in [0.3, 0.4) is 0 Å². The van der Waals surface area contributed by atoms with Gasteiger partial charge in [-0.15, -0.1) is 0 Å². The number of carbonyl (C=O) groups excluding carboxylic acids is 5. The smallest absolute Gasteiger partial charge is 0.410 e. The van der Waals surface area contributed by atoms with Gasteiger partial charge in [-0.2, -0.15) is 0 Å². The molecule has 46 heavy (non-hydrogen) atoms. The van der Waals surface area contributed by atoms with E-state index in [0.29, 0.717) is 38.1 Å². The van der Waals surface area contributed by atoms with Crippen molar-refractivity contribution in [2.75, 3.05) is 31.6 Å². The van der Waals surface area contributed by atoms with Crippen LogP contribution >= 0.6 is 0 Å². The summed E-state index contributed by atoms with van der Waals surface area (Å²) >= 11 is 0. The number of carbonyl (C=O) groups is 5. The van der Waals surface area contributed by atoms with Gasteiger partial charge in [0.1, 0.15) is 30.5 Å². The molecule has 5 amide bonds. The maximum atomic E-state index is 13.1. The number of hydrogen-bond donors (Lipinski definition) is 3. The van der Waals surface area contributed by atoms with Gasteiger partial charge < -0.3 is 25.0 Å². The Morgan fingerprint density at radius 3 is 2.39 bits per heavy atom. The van der Waals surface area contributed by atoms with Crippen LogP contribution in [0.2, 0.25) is 0 Å². The molecule has 2 fully saturated rings. The maximum Gasteiger partial charge on any atom is 0.410 e. The largest absolute Gasteiger partial charge is 0.496 e.